The molecule has 2 N–H and O–H groups in total. The van der Waals surface area contributed by atoms with Crippen molar-refractivity contribution in [3.63, 3.8) is 0 Å². The maximum Gasteiger partial charge on any atom is 0.335 e. The molecule has 0 heterocycles. The largest absolute Gasteiger partial charge is 0.478 e. The van der Waals surface area contributed by atoms with E-state index in [2.05, 4.69) is 5.32 Å². The first-order valence-electron chi connectivity index (χ1n) is 7.79. The predicted octanol–water partition coefficient (Wildman–Crippen LogP) is 3.08. The summed E-state index contributed by atoms with van der Waals surface area (Å²) >= 11 is 0. The molecule has 4 nitrogen and oxygen atoms in total. The number of carboxylic acids is 1. The van der Waals surface area contributed by atoms with Crippen LogP contribution in [0, 0.1) is 23.6 Å². The number of aromatic carboxylic acids is 1. The van der Waals surface area contributed by atoms with E-state index in [0.29, 0.717) is 11.8 Å². The van der Waals surface area contributed by atoms with Gasteiger partial charge in [-0.2, -0.15) is 0 Å². The van der Waals surface area contributed by atoms with Crippen LogP contribution in [0.5, 0.6) is 0 Å². The number of benzene rings is 1. The van der Waals surface area contributed by atoms with Crippen LogP contribution < -0.4 is 5.32 Å². The van der Waals surface area contributed by atoms with Gasteiger partial charge in [-0.3, -0.25) is 4.79 Å². The molecule has 1 amide bonds. The van der Waals surface area contributed by atoms with Gasteiger partial charge in [0.1, 0.15) is 5.82 Å². The van der Waals surface area contributed by atoms with Crippen molar-refractivity contribution in [2.45, 2.75) is 38.6 Å². The zero-order valence-electron chi connectivity index (χ0n) is 12.5. The lowest BCUT2D eigenvalue weighted by atomic mass is 9.84. The van der Waals surface area contributed by atoms with Crippen molar-refractivity contribution in [1.82, 2.24) is 5.32 Å². The molecule has 0 spiro atoms. The van der Waals surface area contributed by atoms with E-state index in [4.69, 9.17) is 5.11 Å². The molecule has 2 aliphatic rings. The van der Waals surface area contributed by atoms with Crippen LogP contribution in [0.25, 0.3) is 0 Å². The number of carbonyl (C=O) groups is 2. The van der Waals surface area contributed by atoms with Crippen molar-refractivity contribution in [3.8, 4) is 0 Å². The molecule has 5 heteroatoms. The smallest absolute Gasteiger partial charge is 0.335 e. The Balaban J connectivity index is 1.68. The highest BCUT2D eigenvalue weighted by Crippen LogP contribution is 2.49. The summed E-state index contributed by atoms with van der Waals surface area (Å²) in [7, 11) is 0. The number of fused-ring (bicyclic) bond motifs is 2. The summed E-state index contributed by atoms with van der Waals surface area (Å²) in [5, 5.41) is 11.7. The van der Waals surface area contributed by atoms with Gasteiger partial charge in [0, 0.05) is 6.04 Å². The molecular formula is C17H20FNO3. The number of halogens is 1. The summed E-state index contributed by atoms with van der Waals surface area (Å²) in [4.78, 5) is 23.0. The van der Waals surface area contributed by atoms with Crippen LogP contribution in [0.3, 0.4) is 0 Å². The quantitative estimate of drug-likeness (QED) is 0.898. The first-order chi connectivity index (χ1) is 10.5. The van der Waals surface area contributed by atoms with E-state index in [-0.39, 0.29) is 17.2 Å². The number of amides is 1. The topological polar surface area (TPSA) is 66.4 Å². The molecule has 2 aliphatic carbocycles. The van der Waals surface area contributed by atoms with E-state index in [1.54, 1.807) is 0 Å². The third-order valence-corrected chi connectivity index (χ3v) is 5.25. The number of hydrogen-bond acceptors (Lipinski definition) is 2. The molecular weight excluding hydrogens is 285 g/mol. The van der Waals surface area contributed by atoms with Crippen molar-refractivity contribution in [1.29, 1.82) is 0 Å². The molecule has 0 aliphatic heterocycles. The summed E-state index contributed by atoms with van der Waals surface area (Å²) in [5.74, 6) is -0.520. The molecule has 2 fully saturated rings. The number of nitrogens with one attached hydrogen (secondary N) is 1. The van der Waals surface area contributed by atoms with Gasteiger partial charge in [0.2, 0.25) is 0 Å². The van der Waals surface area contributed by atoms with Crippen molar-refractivity contribution in [3.05, 3.63) is 35.1 Å². The highest BCUT2D eigenvalue weighted by atomic mass is 19.1. The SMILES string of the molecule is CC(NC(=O)c1ccc(C(=O)O)cc1F)C1CC2CCC1C2. The minimum Gasteiger partial charge on any atom is -0.478 e. The summed E-state index contributed by atoms with van der Waals surface area (Å²) in [6.45, 7) is 1.98. The van der Waals surface area contributed by atoms with E-state index < -0.39 is 17.7 Å². The molecule has 22 heavy (non-hydrogen) atoms. The molecule has 2 saturated carbocycles. The lowest BCUT2D eigenvalue weighted by molar-refractivity contribution is 0.0695. The molecule has 1 aromatic carbocycles. The van der Waals surface area contributed by atoms with Gasteiger partial charge in [0.15, 0.2) is 0 Å². The Morgan fingerprint density at radius 3 is 2.64 bits per heavy atom. The standard InChI is InChI=1S/C17H20FNO3/c1-9(14-7-10-2-3-11(14)6-10)19-16(20)13-5-4-12(17(21)22)8-15(13)18/h4-5,8-11,14H,2-3,6-7H2,1H3,(H,19,20)(H,21,22). The second-order valence-electron chi connectivity index (χ2n) is 6.60. The van der Waals surface area contributed by atoms with Crippen molar-refractivity contribution in [2.24, 2.45) is 17.8 Å². The summed E-state index contributed by atoms with van der Waals surface area (Å²) in [5.41, 5.74) is -0.254. The average molecular weight is 305 g/mol. The predicted molar refractivity (Wildman–Crippen MR) is 79.2 cm³/mol. The lowest BCUT2D eigenvalue weighted by Crippen LogP contribution is -2.40. The molecule has 2 bridgehead atoms. The molecule has 0 aromatic heterocycles. The minimum absolute atomic E-state index is 0.0151. The number of carboxylic acid groups (broad SMARTS) is 1. The Morgan fingerprint density at radius 2 is 2.09 bits per heavy atom. The van der Waals surface area contributed by atoms with Gasteiger partial charge < -0.3 is 10.4 Å². The van der Waals surface area contributed by atoms with E-state index >= 15 is 0 Å². The van der Waals surface area contributed by atoms with Crippen LogP contribution in [0.4, 0.5) is 4.39 Å². The van der Waals surface area contributed by atoms with Crippen LogP contribution in [-0.2, 0) is 0 Å². The fourth-order valence-corrected chi connectivity index (χ4v) is 4.13. The molecule has 4 atom stereocenters. The highest BCUT2D eigenvalue weighted by Gasteiger charge is 2.42. The maximum absolute atomic E-state index is 13.9. The zero-order chi connectivity index (χ0) is 15.9. The second-order valence-corrected chi connectivity index (χ2v) is 6.60. The Hall–Kier alpha value is -1.91. The van der Waals surface area contributed by atoms with Crippen LogP contribution in [-0.4, -0.2) is 23.0 Å². The lowest BCUT2D eigenvalue weighted by Gasteiger charge is -2.28. The number of hydrogen-bond donors (Lipinski definition) is 2. The number of rotatable bonds is 4. The normalized spacial score (nSPS) is 27.6. The van der Waals surface area contributed by atoms with E-state index in [0.717, 1.165) is 18.4 Å². The third kappa shape index (κ3) is 2.72. The fourth-order valence-electron chi connectivity index (χ4n) is 4.13. The van der Waals surface area contributed by atoms with E-state index in [9.17, 15) is 14.0 Å². The van der Waals surface area contributed by atoms with Gasteiger partial charge in [0.25, 0.3) is 5.91 Å². The molecule has 3 rings (SSSR count). The minimum atomic E-state index is -1.21. The van der Waals surface area contributed by atoms with Gasteiger partial charge in [-0.25, -0.2) is 9.18 Å². The van der Waals surface area contributed by atoms with E-state index in [1.807, 2.05) is 6.92 Å². The van der Waals surface area contributed by atoms with Crippen molar-refractivity contribution >= 4 is 11.9 Å². The van der Waals surface area contributed by atoms with Gasteiger partial charge in [-0.1, -0.05) is 6.42 Å². The highest BCUT2D eigenvalue weighted by molar-refractivity contribution is 5.96. The van der Waals surface area contributed by atoms with Crippen LogP contribution in [0.1, 0.15) is 53.3 Å². The Labute approximate surface area is 128 Å². The number of carbonyl (C=O) groups excluding carboxylic acids is 1. The Morgan fingerprint density at radius 1 is 1.32 bits per heavy atom. The third-order valence-electron chi connectivity index (χ3n) is 5.25. The van der Waals surface area contributed by atoms with Crippen molar-refractivity contribution in [2.75, 3.05) is 0 Å². The fraction of sp³-hybridized carbons (Fsp3) is 0.529. The van der Waals surface area contributed by atoms with Crippen LogP contribution in [0.2, 0.25) is 0 Å². The molecule has 0 saturated heterocycles. The first kappa shape index (κ1) is 15.0. The van der Waals surface area contributed by atoms with Gasteiger partial charge in [-0.15, -0.1) is 0 Å². The second kappa shape index (κ2) is 5.71. The van der Waals surface area contributed by atoms with Crippen LogP contribution in [0.15, 0.2) is 18.2 Å². The molecule has 4 unspecified atom stereocenters. The summed E-state index contributed by atoms with van der Waals surface area (Å²) < 4.78 is 13.9. The molecule has 118 valence electrons. The van der Waals surface area contributed by atoms with Gasteiger partial charge in [-0.05, 0) is 62.1 Å². The average Bonchev–Trinajstić information content (AvgIpc) is 3.09. The van der Waals surface area contributed by atoms with Crippen LogP contribution >= 0.6 is 0 Å². The summed E-state index contributed by atoms with van der Waals surface area (Å²) in [6, 6.07) is 3.39. The molecule has 1 aromatic rings. The van der Waals surface area contributed by atoms with E-state index in [1.165, 1.54) is 31.4 Å². The Kier molecular flexibility index (Phi) is 3.89. The Bertz CT molecular complexity index is 616. The monoisotopic (exact) mass is 305 g/mol. The molecule has 0 radical (unpaired) electrons. The maximum atomic E-state index is 13.9. The van der Waals surface area contributed by atoms with Crippen molar-refractivity contribution < 1.29 is 19.1 Å². The summed E-state index contributed by atoms with van der Waals surface area (Å²) in [6.07, 6.45) is 4.93. The zero-order valence-corrected chi connectivity index (χ0v) is 12.5. The van der Waals surface area contributed by atoms with Gasteiger partial charge in [0.05, 0.1) is 11.1 Å². The van der Waals surface area contributed by atoms with Gasteiger partial charge >= 0.3 is 5.97 Å². The first-order valence-corrected chi connectivity index (χ1v) is 7.79.